The molecule has 0 aromatic heterocycles. The minimum Gasteiger partial charge on any atom is -1.00 e. The maximum absolute atomic E-state index is 2.40. The molecule has 258 valence electrons. The van der Waals surface area contributed by atoms with Crippen molar-refractivity contribution in [2.45, 2.75) is 92.5 Å². The van der Waals surface area contributed by atoms with Crippen molar-refractivity contribution in [3.8, 4) is 22.3 Å². The summed E-state index contributed by atoms with van der Waals surface area (Å²) in [5.41, 5.74) is 11.3. The molecule has 0 aliphatic rings. The van der Waals surface area contributed by atoms with Gasteiger partial charge in [0.2, 0.25) is 0 Å². The van der Waals surface area contributed by atoms with Gasteiger partial charge in [-0.15, -0.1) is 68.6 Å². The fraction of sp³-hybridized carbons (Fsp3) is 0.318. The molecule has 0 spiro atoms. The van der Waals surface area contributed by atoms with Gasteiger partial charge in [-0.05, 0) is 28.0 Å². The molecule has 0 amide bonds. The molecule has 49 heavy (non-hydrogen) atoms. The van der Waals surface area contributed by atoms with E-state index in [-0.39, 0.29) is 35.7 Å². The molecule has 6 aromatic rings. The second-order valence-corrected chi connectivity index (χ2v) is 30.1. The Morgan fingerprint density at radius 1 is 0.694 bits per heavy atom. The summed E-state index contributed by atoms with van der Waals surface area (Å²) >= 11 is 1.74. The molecule has 0 bridgehead atoms. The Hall–Kier alpha value is -2.00. The molecule has 0 saturated heterocycles. The maximum Gasteiger partial charge on any atom is 0.0775 e. The van der Waals surface area contributed by atoms with Gasteiger partial charge < -0.3 is 24.8 Å². The van der Waals surface area contributed by atoms with Crippen molar-refractivity contribution in [3.63, 3.8) is 0 Å². The van der Waals surface area contributed by atoms with E-state index in [1.54, 1.807) is 23.3 Å². The summed E-state index contributed by atoms with van der Waals surface area (Å²) in [6.45, 7) is 27.5. The first kappa shape index (κ1) is 43.2. The molecule has 0 fully saturated rings. The Kier molecular flexibility index (Phi) is 15.8. The molecular weight excluding hydrogens is 747 g/mol. The summed E-state index contributed by atoms with van der Waals surface area (Å²) < 4.78 is 0. The average molecular weight is 801 g/mol. The zero-order valence-electron chi connectivity index (χ0n) is 31.6. The van der Waals surface area contributed by atoms with Gasteiger partial charge in [-0.3, -0.25) is 0 Å². The molecule has 0 nitrogen and oxygen atoms in total. The molecule has 0 N–H and O–H groups in total. The van der Waals surface area contributed by atoms with E-state index in [4.69, 9.17) is 0 Å². The third kappa shape index (κ3) is 11.2. The first-order chi connectivity index (χ1) is 22.0. The zero-order valence-corrected chi connectivity index (χ0v) is 37.6. The van der Waals surface area contributed by atoms with Gasteiger partial charge >= 0.3 is 41.9 Å². The Labute approximate surface area is 326 Å². The quantitative estimate of drug-likeness (QED) is 0.136. The van der Waals surface area contributed by atoms with Gasteiger partial charge in [0, 0.05) is 0 Å². The number of benzene rings is 4. The average Bonchev–Trinajstić information content (AvgIpc) is 3.61. The fourth-order valence-electron chi connectivity index (χ4n) is 5.98. The van der Waals surface area contributed by atoms with Gasteiger partial charge in [-0.2, -0.15) is 12.1 Å². The van der Waals surface area contributed by atoms with Crippen molar-refractivity contribution < 1.29 is 48.1 Å². The van der Waals surface area contributed by atoms with Gasteiger partial charge in [-0.1, -0.05) is 145 Å². The third-order valence-corrected chi connectivity index (χ3v) is 10.9. The van der Waals surface area contributed by atoms with E-state index in [9.17, 15) is 0 Å². The van der Waals surface area contributed by atoms with Crippen molar-refractivity contribution in [1.82, 2.24) is 0 Å². The first-order valence-corrected chi connectivity index (χ1v) is 26.7. The van der Waals surface area contributed by atoms with E-state index < -0.39 is 8.07 Å². The Morgan fingerprint density at radius 2 is 1.22 bits per heavy atom. The summed E-state index contributed by atoms with van der Waals surface area (Å²) in [5.74, 6) is 0.573. The van der Waals surface area contributed by atoms with E-state index in [1.807, 2.05) is 0 Å². The molecule has 6 rings (SSSR count). The molecule has 0 aliphatic carbocycles. The number of aryl methyl sites for hydroxylation is 2. The van der Waals surface area contributed by atoms with Gasteiger partial charge in [0.05, 0.1) is 8.07 Å². The molecule has 0 saturated carbocycles. The van der Waals surface area contributed by atoms with Crippen LogP contribution in [-0.4, -0.2) is 13.5 Å². The van der Waals surface area contributed by atoms with Crippen LogP contribution in [-0.2, 0) is 28.8 Å². The molecule has 0 atom stereocenters. The zero-order chi connectivity index (χ0) is 34.7. The van der Waals surface area contributed by atoms with Gasteiger partial charge in [0.15, 0.2) is 0 Å². The summed E-state index contributed by atoms with van der Waals surface area (Å²) in [5, 5.41) is 7.01. The third-order valence-electron chi connectivity index (χ3n) is 8.81. The second-order valence-electron chi connectivity index (χ2n) is 15.7. The molecule has 5 heteroatoms. The van der Waals surface area contributed by atoms with Crippen molar-refractivity contribution >= 4 is 40.2 Å². The molecule has 6 aromatic carbocycles. The van der Waals surface area contributed by atoms with E-state index in [0.717, 1.165) is 0 Å². The normalized spacial score (nSPS) is 11.2. The second kappa shape index (κ2) is 18.0. The van der Waals surface area contributed by atoms with Crippen molar-refractivity contribution in [1.29, 1.82) is 0 Å². The summed E-state index contributed by atoms with van der Waals surface area (Å²) in [7, 11) is -1.22. The Balaban J connectivity index is 0.000000296. The van der Waals surface area contributed by atoms with Crippen LogP contribution in [0.15, 0.2) is 103 Å². The van der Waals surface area contributed by atoms with Crippen LogP contribution in [0.3, 0.4) is 0 Å². The predicted octanol–water partition coefficient (Wildman–Crippen LogP) is 6.83. The van der Waals surface area contributed by atoms with Crippen LogP contribution < -0.4 is 30.0 Å². The standard InChI is InChI=1S/C22H25.C20H23Si.C2H6Si.2ClH.Zr/c1-15(2)18-13-17-7-6-8-20(21(17)14-18)16-9-11-19(12-10-16)22(3,4)5;1-14-12-19-15(2)6-11-18(20(19)13-14)16-7-9-17(10-8-16)21(3,4)5;1-3-2;;;/h6-15H,1-5H3;6-13H,1-5H3;1-2H3;2*1H;/q2*-1;;;;+2/p-2. The van der Waals surface area contributed by atoms with Crippen LogP contribution >= 0.6 is 0 Å². The molecule has 0 unspecified atom stereocenters. The van der Waals surface area contributed by atoms with E-state index in [0.29, 0.717) is 5.92 Å². The van der Waals surface area contributed by atoms with E-state index in [1.165, 1.54) is 71.2 Å². The van der Waals surface area contributed by atoms with Crippen molar-refractivity contribution in [2.24, 2.45) is 0 Å². The van der Waals surface area contributed by atoms with Crippen LogP contribution in [0.4, 0.5) is 0 Å². The van der Waals surface area contributed by atoms with Gasteiger partial charge in [0.1, 0.15) is 0 Å². The van der Waals surface area contributed by atoms with Crippen molar-refractivity contribution in [2.75, 3.05) is 0 Å². The molecule has 0 radical (unpaired) electrons. The largest absolute Gasteiger partial charge is 1.00 e. The number of fused-ring (bicyclic) bond motifs is 2. The van der Waals surface area contributed by atoms with Crippen LogP contribution in [0.2, 0.25) is 32.7 Å². The SMILES string of the molecule is CC(C)c1cc2c(-c3ccc(C(C)(C)C)cc3)cccc2[cH-]1.C[Si](C)=[Zr+2].Cc1cc2c(-c3ccc([Si](C)(C)C)cc3)ccc(C)c2[cH-]1.[Cl-].[Cl-]. The number of hydrogen-bond acceptors (Lipinski definition) is 0. The number of halogens is 2. The topological polar surface area (TPSA) is 0 Å². The monoisotopic (exact) mass is 798 g/mol. The minimum atomic E-state index is -1.22. The van der Waals surface area contributed by atoms with Crippen LogP contribution in [0.5, 0.6) is 0 Å². The Bertz CT molecular complexity index is 1960. The maximum atomic E-state index is 2.40. The smallest absolute Gasteiger partial charge is 0.0775 e. The van der Waals surface area contributed by atoms with Crippen molar-refractivity contribution in [3.05, 3.63) is 125 Å². The number of rotatable bonds is 4. The summed E-state index contributed by atoms with van der Waals surface area (Å²) in [4.78, 5) is 0. The Morgan fingerprint density at radius 3 is 1.73 bits per heavy atom. The van der Waals surface area contributed by atoms with Crippen LogP contribution in [0.1, 0.15) is 62.8 Å². The molecule has 0 heterocycles. The van der Waals surface area contributed by atoms with E-state index >= 15 is 0 Å². The van der Waals surface area contributed by atoms with Crippen LogP contribution in [0, 0.1) is 13.8 Å². The summed E-state index contributed by atoms with van der Waals surface area (Å²) in [6.07, 6.45) is 0. The van der Waals surface area contributed by atoms with Gasteiger partial charge in [-0.25, -0.2) is 0 Å². The first-order valence-electron chi connectivity index (χ1n) is 17.1. The predicted molar refractivity (Wildman–Crippen MR) is 213 cm³/mol. The van der Waals surface area contributed by atoms with Gasteiger partial charge in [0.25, 0.3) is 0 Å². The number of hydrogen-bond donors (Lipinski definition) is 0. The molecule has 0 aliphatic heterocycles. The van der Waals surface area contributed by atoms with Crippen LogP contribution in [0.25, 0.3) is 43.8 Å². The van der Waals surface area contributed by atoms with E-state index in [2.05, 4.69) is 184 Å². The fourth-order valence-corrected chi connectivity index (χ4v) is 7.15. The minimum absolute atomic E-state index is 0. The summed E-state index contributed by atoms with van der Waals surface area (Å²) in [6, 6.07) is 38.7. The molecular formula is C44H54Cl2Si2Zr-2.